The second-order valence-corrected chi connectivity index (χ2v) is 4.63. The van der Waals surface area contributed by atoms with Crippen molar-refractivity contribution in [3.63, 3.8) is 0 Å². The molecule has 3 heteroatoms. The lowest BCUT2D eigenvalue weighted by Crippen LogP contribution is -2.37. The maximum absolute atomic E-state index is 11.1. The van der Waals surface area contributed by atoms with E-state index in [0.717, 1.165) is 19.3 Å². The van der Waals surface area contributed by atoms with Gasteiger partial charge in [-0.15, -0.1) is 0 Å². The van der Waals surface area contributed by atoms with Crippen molar-refractivity contribution in [1.82, 2.24) is 0 Å². The summed E-state index contributed by atoms with van der Waals surface area (Å²) in [5, 5.41) is 19.6. The molecule has 0 spiro atoms. The molecule has 1 fully saturated rings. The van der Waals surface area contributed by atoms with E-state index in [1.807, 2.05) is 0 Å². The van der Waals surface area contributed by atoms with Crippen molar-refractivity contribution < 1.29 is 15.0 Å². The number of rotatable bonds is 3. The van der Waals surface area contributed by atoms with Crippen molar-refractivity contribution >= 4 is 5.97 Å². The van der Waals surface area contributed by atoms with Crippen LogP contribution in [0.3, 0.4) is 0 Å². The van der Waals surface area contributed by atoms with Crippen molar-refractivity contribution in [2.45, 2.75) is 31.8 Å². The molecule has 16 heavy (non-hydrogen) atoms. The Bertz CT molecular complexity index is 405. The van der Waals surface area contributed by atoms with E-state index < -0.39 is 11.6 Å². The molecule has 86 valence electrons. The van der Waals surface area contributed by atoms with Crippen LogP contribution in [-0.2, 0) is 5.60 Å². The highest BCUT2D eigenvalue weighted by atomic mass is 16.4. The zero-order valence-corrected chi connectivity index (χ0v) is 9.31. The first kappa shape index (κ1) is 11.1. The molecule has 1 unspecified atom stereocenters. The van der Waals surface area contributed by atoms with Gasteiger partial charge in [0.05, 0.1) is 11.2 Å². The minimum Gasteiger partial charge on any atom is -0.478 e. The van der Waals surface area contributed by atoms with Crippen LogP contribution in [0.15, 0.2) is 24.3 Å². The van der Waals surface area contributed by atoms with Crippen molar-refractivity contribution in [3.05, 3.63) is 35.4 Å². The average Bonchev–Trinajstić information content (AvgIpc) is 2.14. The fourth-order valence-electron chi connectivity index (χ4n) is 2.30. The number of carboxylic acid groups (broad SMARTS) is 1. The highest BCUT2D eigenvalue weighted by molar-refractivity contribution is 5.89. The summed E-state index contributed by atoms with van der Waals surface area (Å²) >= 11 is 0. The molecule has 1 aromatic carbocycles. The summed E-state index contributed by atoms with van der Waals surface area (Å²) in [6.07, 6.45) is 3.07. The van der Waals surface area contributed by atoms with Gasteiger partial charge in [-0.2, -0.15) is 0 Å². The third-order valence-corrected chi connectivity index (χ3v) is 3.60. The lowest BCUT2D eigenvalue weighted by Gasteiger charge is -2.39. The number of aromatic carboxylic acids is 1. The van der Waals surface area contributed by atoms with Gasteiger partial charge in [0.2, 0.25) is 0 Å². The molecular formula is C13H16O3. The summed E-state index contributed by atoms with van der Waals surface area (Å²) in [6, 6.07) is 6.71. The van der Waals surface area contributed by atoms with Crippen LogP contribution < -0.4 is 0 Å². The molecule has 2 rings (SSSR count). The first-order valence-electron chi connectivity index (χ1n) is 5.58. The number of hydrogen-bond donors (Lipinski definition) is 2. The van der Waals surface area contributed by atoms with Gasteiger partial charge in [-0.1, -0.05) is 24.6 Å². The number of carbonyl (C=O) groups is 1. The SMILES string of the molecule is CC(O)(c1ccccc1C(=O)O)C1CCC1. The third-order valence-electron chi connectivity index (χ3n) is 3.60. The number of carboxylic acids is 1. The molecule has 0 heterocycles. The van der Waals surface area contributed by atoms with Crippen LogP contribution in [0.2, 0.25) is 0 Å². The van der Waals surface area contributed by atoms with E-state index in [1.54, 1.807) is 31.2 Å². The zero-order chi connectivity index (χ0) is 11.8. The summed E-state index contributed by atoms with van der Waals surface area (Å²) in [7, 11) is 0. The maximum Gasteiger partial charge on any atom is 0.336 e. The van der Waals surface area contributed by atoms with Gasteiger partial charge in [-0.3, -0.25) is 0 Å². The molecule has 0 amide bonds. The van der Waals surface area contributed by atoms with Gasteiger partial charge in [-0.25, -0.2) is 4.79 Å². The van der Waals surface area contributed by atoms with Crippen LogP contribution in [0.4, 0.5) is 0 Å². The van der Waals surface area contributed by atoms with E-state index in [0.29, 0.717) is 5.56 Å². The Balaban J connectivity index is 2.42. The quantitative estimate of drug-likeness (QED) is 0.822. The van der Waals surface area contributed by atoms with Crippen molar-refractivity contribution in [2.75, 3.05) is 0 Å². The van der Waals surface area contributed by atoms with E-state index in [1.165, 1.54) is 0 Å². The molecule has 1 atom stereocenters. The summed E-state index contributed by atoms with van der Waals surface area (Å²) in [5.41, 5.74) is -0.278. The molecular weight excluding hydrogens is 204 g/mol. The van der Waals surface area contributed by atoms with Crippen LogP contribution in [0.1, 0.15) is 42.1 Å². The van der Waals surface area contributed by atoms with Crippen LogP contribution in [0, 0.1) is 5.92 Å². The standard InChI is InChI=1S/C13H16O3/c1-13(16,9-5-4-6-9)11-8-3-2-7-10(11)12(14)15/h2-3,7-9,16H,4-6H2,1H3,(H,14,15). The Morgan fingerprint density at radius 3 is 2.50 bits per heavy atom. The zero-order valence-electron chi connectivity index (χ0n) is 9.31. The Morgan fingerprint density at radius 2 is 2.00 bits per heavy atom. The normalized spacial score (nSPS) is 19.9. The van der Waals surface area contributed by atoms with E-state index in [4.69, 9.17) is 5.11 Å². The van der Waals surface area contributed by atoms with Crippen LogP contribution in [0.25, 0.3) is 0 Å². The second kappa shape index (κ2) is 3.91. The summed E-state index contributed by atoms with van der Waals surface area (Å²) in [6.45, 7) is 1.72. The van der Waals surface area contributed by atoms with Crippen LogP contribution in [0.5, 0.6) is 0 Å². The molecule has 1 aromatic rings. The number of aliphatic hydroxyl groups is 1. The molecule has 0 aliphatic heterocycles. The fraction of sp³-hybridized carbons (Fsp3) is 0.462. The molecule has 0 saturated heterocycles. The highest BCUT2D eigenvalue weighted by Crippen LogP contribution is 2.43. The Morgan fingerprint density at radius 1 is 1.38 bits per heavy atom. The van der Waals surface area contributed by atoms with E-state index in [2.05, 4.69) is 0 Å². The van der Waals surface area contributed by atoms with Gasteiger partial charge in [0.15, 0.2) is 0 Å². The fourth-order valence-corrected chi connectivity index (χ4v) is 2.30. The van der Waals surface area contributed by atoms with E-state index in [-0.39, 0.29) is 11.5 Å². The summed E-state index contributed by atoms with van der Waals surface area (Å²) in [5.74, 6) is -0.789. The van der Waals surface area contributed by atoms with Crippen LogP contribution >= 0.6 is 0 Å². The first-order valence-corrected chi connectivity index (χ1v) is 5.58. The van der Waals surface area contributed by atoms with Gasteiger partial charge in [0.1, 0.15) is 0 Å². The van der Waals surface area contributed by atoms with Gasteiger partial charge in [0.25, 0.3) is 0 Å². The smallest absolute Gasteiger partial charge is 0.336 e. The van der Waals surface area contributed by atoms with Gasteiger partial charge < -0.3 is 10.2 Å². The molecule has 1 aliphatic rings. The lowest BCUT2D eigenvalue weighted by atomic mass is 9.70. The largest absolute Gasteiger partial charge is 0.478 e. The number of hydrogen-bond acceptors (Lipinski definition) is 2. The van der Waals surface area contributed by atoms with E-state index >= 15 is 0 Å². The molecule has 3 nitrogen and oxygen atoms in total. The molecule has 0 bridgehead atoms. The Labute approximate surface area is 94.7 Å². The average molecular weight is 220 g/mol. The molecule has 1 aliphatic carbocycles. The molecule has 2 N–H and O–H groups in total. The second-order valence-electron chi connectivity index (χ2n) is 4.63. The van der Waals surface area contributed by atoms with Crippen molar-refractivity contribution in [3.8, 4) is 0 Å². The predicted molar refractivity (Wildman–Crippen MR) is 60.3 cm³/mol. The summed E-state index contributed by atoms with van der Waals surface area (Å²) < 4.78 is 0. The first-order chi connectivity index (χ1) is 7.53. The van der Waals surface area contributed by atoms with Gasteiger partial charge in [0, 0.05) is 0 Å². The minimum absolute atomic E-state index is 0.188. The predicted octanol–water partition coefficient (Wildman–Crippen LogP) is 2.39. The van der Waals surface area contributed by atoms with Crippen molar-refractivity contribution in [2.24, 2.45) is 5.92 Å². The third kappa shape index (κ3) is 1.71. The molecule has 0 aromatic heterocycles. The summed E-state index contributed by atoms with van der Waals surface area (Å²) in [4.78, 5) is 11.1. The van der Waals surface area contributed by atoms with Gasteiger partial charge >= 0.3 is 5.97 Å². The Hall–Kier alpha value is -1.35. The maximum atomic E-state index is 11.1. The highest BCUT2D eigenvalue weighted by Gasteiger charge is 2.39. The topological polar surface area (TPSA) is 57.5 Å². The van der Waals surface area contributed by atoms with E-state index in [9.17, 15) is 9.90 Å². The monoisotopic (exact) mass is 220 g/mol. The van der Waals surface area contributed by atoms with Crippen LogP contribution in [-0.4, -0.2) is 16.2 Å². The van der Waals surface area contributed by atoms with Crippen molar-refractivity contribution in [1.29, 1.82) is 0 Å². The number of benzene rings is 1. The minimum atomic E-state index is -1.02. The molecule has 0 radical (unpaired) electrons. The Kier molecular flexibility index (Phi) is 2.72. The molecule has 1 saturated carbocycles. The van der Waals surface area contributed by atoms with Gasteiger partial charge in [-0.05, 0) is 37.3 Å². The lowest BCUT2D eigenvalue weighted by molar-refractivity contribution is -0.0407.